The van der Waals surface area contributed by atoms with Crippen LogP contribution in [0.15, 0.2) is 0 Å². The molecule has 0 aromatic rings. The van der Waals surface area contributed by atoms with Crippen LogP contribution in [-0.4, -0.2) is 29.8 Å². The van der Waals surface area contributed by atoms with Gasteiger partial charge in [0.1, 0.15) is 0 Å². The maximum absolute atomic E-state index is 11.1. The third kappa shape index (κ3) is 1.16. The van der Waals surface area contributed by atoms with Crippen molar-refractivity contribution in [2.24, 2.45) is 11.1 Å². The summed E-state index contributed by atoms with van der Waals surface area (Å²) in [5.41, 5.74) is 4.60. The first kappa shape index (κ1) is 8.97. The van der Waals surface area contributed by atoms with E-state index < -0.39 is 11.6 Å². The first-order valence-corrected chi connectivity index (χ1v) is 4.56. The van der Waals surface area contributed by atoms with Gasteiger partial charge in [0.2, 0.25) is 0 Å². The normalized spacial score (nSPS) is 48.1. The Balaban J connectivity index is 1.93. The SMILES string of the molecule is COC(=O)C1(O)CC2(CC(N)C2)C1. The van der Waals surface area contributed by atoms with Crippen LogP contribution in [-0.2, 0) is 9.53 Å². The maximum atomic E-state index is 11.1. The summed E-state index contributed by atoms with van der Waals surface area (Å²) in [6.07, 6.45) is 2.93. The van der Waals surface area contributed by atoms with Gasteiger partial charge in [-0.3, -0.25) is 0 Å². The topological polar surface area (TPSA) is 72.5 Å². The van der Waals surface area contributed by atoms with Gasteiger partial charge in [0.05, 0.1) is 7.11 Å². The predicted octanol–water partition coefficient (Wildman–Crippen LogP) is -0.208. The van der Waals surface area contributed by atoms with Crippen molar-refractivity contribution in [2.45, 2.75) is 37.3 Å². The van der Waals surface area contributed by atoms with Crippen LogP contribution < -0.4 is 5.73 Å². The van der Waals surface area contributed by atoms with Gasteiger partial charge in [0.15, 0.2) is 5.60 Å². The molecule has 2 fully saturated rings. The van der Waals surface area contributed by atoms with Gasteiger partial charge in [0, 0.05) is 6.04 Å². The summed E-state index contributed by atoms with van der Waals surface area (Å²) in [6, 6.07) is 0.266. The van der Waals surface area contributed by atoms with Crippen LogP contribution >= 0.6 is 0 Å². The van der Waals surface area contributed by atoms with Crippen LogP contribution in [0.5, 0.6) is 0 Å². The van der Waals surface area contributed by atoms with E-state index in [0.717, 1.165) is 12.8 Å². The highest BCUT2D eigenvalue weighted by Crippen LogP contribution is 2.60. The summed E-state index contributed by atoms with van der Waals surface area (Å²) in [7, 11) is 1.30. The molecule has 4 nitrogen and oxygen atoms in total. The number of ether oxygens (including phenoxy) is 1. The highest BCUT2D eigenvalue weighted by Gasteiger charge is 2.62. The Morgan fingerprint density at radius 2 is 2.08 bits per heavy atom. The van der Waals surface area contributed by atoms with E-state index >= 15 is 0 Å². The molecule has 0 aromatic carbocycles. The molecule has 0 atom stereocenters. The van der Waals surface area contributed by atoms with E-state index in [1.165, 1.54) is 7.11 Å². The first-order chi connectivity index (χ1) is 6.00. The fraction of sp³-hybridized carbons (Fsp3) is 0.889. The summed E-state index contributed by atoms with van der Waals surface area (Å²) in [4.78, 5) is 11.1. The molecular formula is C9H15NO3. The summed E-state index contributed by atoms with van der Waals surface area (Å²) >= 11 is 0. The Bertz CT molecular complexity index is 237. The molecule has 13 heavy (non-hydrogen) atoms. The summed E-state index contributed by atoms with van der Waals surface area (Å²) in [6.45, 7) is 0. The van der Waals surface area contributed by atoms with Crippen molar-refractivity contribution in [1.82, 2.24) is 0 Å². The smallest absolute Gasteiger partial charge is 0.337 e. The number of hydrogen-bond donors (Lipinski definition) is 2. The van der Waals surface area contributed by atoms with Gasteiger partial charge >= 0.3 is 5.97 Å². The second-order valence-corrected chi connectivity index (χ2v) is 4.55. The van der Waals surface area contributed by atoms with Gasteiger partial charge in [-0.2, -0.15) is 0 Å². The standard InChI is InChI=1S/C9H15NO3/c1-13-7(11)9(12)4-8(5-9)2-6(10)3-8/h6,12H,2-5,10H2,1H3. The van der Waals surface area contributed by atoms with Crippen molar-refractivity contribution in [3.63, 3.8) is 0 Å². The number of nitrogens with two attached hydrogens (primary N) is 1. The van der Waals surface area contributed by atoms with E-state index in [4.69, 9.17) is 5.73 Å². The van der Waals surface area contributed by atoms with E-state index in [9.17, 15) is 9.90 Å². The zero-order valence-corrected chi connectivity index (χ0v) is 7.75. The molecule has 4 heteroatoms. The first-order valence-electron chi connectivity index (χ1n) is 4.56. The fourth-order valence-electron chi connectivity index (χ4n) is 2.86. The highest BCUT2D eigenvalue weighted by molar-refractivity contribution is 5.80. The second kappa shape index (κ2) is 2.45. The monoisotopic (exact) mass is 185 g/mol. The molecule has 0 radical (unpaired) electrons. The minimum atomic E-state index is -1.21. The molecule has 0 amide bonds. The second-order valence-electron chi connectivity index (χ2n) is 4.55. The van der Waals surface area contributed by atoms with Gasteiger partial charge in [0.25, 0.3) is 0 Å². The average molecular weight is 185 g/mol. The summed E-state index contributed by atoms with van der Waals surface area (Å²) in [5, 5.41) is 9.75. The van der Waals surface area contributed by atoms with E-state index in [-0.39, 0.29) is 11.5 Å². The zero-order valence-electron chi connectivity index (χ0n) is 7.75. The van der Waals surface area contributed by atoms with Crippen molar-refractivity contribution in [3.8, 4) is 0 Å². The number of rotatable bonds is 1. The summed E-state index contributed by atoms with van der Waals surface area (Å²) < 4.78 is 4.53. The van der Waals surface area contributed by atoms with Crippen molar-refractivity contribution < 1.29 is 14.6 Å². The van der Waals surface area contributed by atoms with Crippen molar-refractivity contribution in [2.75, 3.05) is 7.11 Å². The van der Waals surface area contributed by atoms with Crippen molar-refractivity contribution >= 4 is 5.97 Å². The molecule has 2 rings (SSSR count). The quantitative estimate of drug-likeness (QED) is 0.554. The van der Waals surface area contributed by atoms with Crippen molar-refractivity contribution in [1.29, 1.82) is 0 Å². The number of aliphatic hydroxyl groups is 1. The lowest BCUT2D eigenvalue weighted by molar-refractivity contribution is -0.204. The Hall–Kier alpha value is -0.610. The Kier molecular flexibility index (Phi) is 1.69. The van der Waals surface area contributed by atoms with Crippen LogP contribution in [0.25, 0.3) is 0 Å². The Morgan fingerprint density at radius 3 is 2.46 bits per heavy atom. The van der Waals surface area contributed by atoms with Gasteiger partial charge in [-0.05, 0) is 31.1 Å². The van der Waals surface area contributed by atoms with E-state index in [2.05, 4.69) is 4.74 Å². The maximum Gasteiger partial charge on any atom is 0.337 e. The van der Waals surface area contributed by atoms with Crippen LogP contribution in [0.4, 0.5) is 0 Å². The Morgan fingerprint density at radius 1 is 1.54 bits per heavy atom. The zero-order chi connectivity index (χ0) is 9.69. The van der Waals surface area contributed by atoms with E-state index in [0.29, 0.717) is 12.8 Å². The lowest BCUT2D eigenvalue weighted by atomic mass is 9.48. The third-order valence-electron chi connectivity index (χ3n) is 3.29. The fourth-order valence-corrected chi connectivity index (χ4v) is 2.86. The largest absolute Gasteiger partial charge is 0.467 e. The van der Waals surface area contributed by atoms with E-state index in [1.807, 2.05) is 0 Å². The molecule has 0 saturated heterocycles. The number of hydrogen-bond acceptors (Lipinski definition) is 4. The minimum absolute atomic E-state index is 0.155. The number of esters is 1. The molecule has 2 saturated carbocycles. The van der Waals surface area contributed by atoms with E-state index in [1.54, 1.807) is 0 Å². The van der Waals surface area contributed by atoms with Crippen LogP contribution in [0.2, 0.25) is 0 Å². The van der Waals surface area contributed by atoms with Gasteiger partial charge in [-0.15, -0.1) is 0 Å². The molecule has 0 heterocycles. The molecule has 2 aliphatic carbocycles. The van der Waals surface area contributed by atoms with Crippen molar-refractivity contribution in [3.05, 3.63) is 0 Å². The van der Waals surface area contributed by atoms with Crippen LogP contribution in [0, 0.1) is 5.41 Å². The molecule has 0 bridgehead atoms. The molecule has 74 valence electrons. The predicted molar refractivity (Wildman–Crippen MR) is 45.8 cm³/mol. The molecule has 0 aliphatic heterocycles. The number of methoxy groups -OCH3 is 1. The van der Waals surface area contributed by atoms with Crippen LogP contribution in [0.1, 0.15) is 25.7 Å². The third-order valence-corrected chi connectivity index (χ3v) is 3.29. The van der Waals surface area contributed by atoms with Gasteiger partial charge in [-0.25, -0.2) is 4.79 Å². The summed E-state index contributed by atoms with van der Waals surface area (Å²) in [5.74, 6) is -0.501. The minimum Gasteiger partial charge on any atom is -0.467 e. The molecule has 0 unspecified atom stereocenters. The molecule has 3 N–H and O–H groups in total. The molecule has 0 aromatic heterocycles. The lowest BCUT2D eigenvalue weighted by Gasteiger charge is -2.59. The van der Waals surface area contributed by atoms with Gasteiger partial charge < -0.3 is 15.6 Å². The van der Waals surface area contributed by atoms with Crippen LogP contribution in [0.3, 0.4) is 0 Å². The Labute approximate surface area is 77.1 Å². The number of carbonyl (C=O) groups is 1. The molecular weight excluding hydrogens is 170 g/mol. The number of carbonyl (C=O) groups excluding carboxylic acids is 1. The molecule has 1 spiro atoms. The lowest BCUT2D eigenvalue weighted by Crippen LogP contribution is -2.64. The average Bonchev–Trinajstić information content (AvgIpc) is 1.97. The van der Waals surface area contributed by atoms with Gasteiger partial charge in [-0.1, -0.05) is 0 Å². The highest BCUT2D eigenvalue weighted by atomic mass is 16.5. The molecule has 2 aliphatic rings.